The van der Waals surface area contributed by atoms with Crippen molar-refractivity contribution < 1.29 is 4.74 Å². The van der Waals surface area contributed by atoms with Gasteiger partial charge in [0, 0.05) is 19.3 Å². The first-order valence-corrected chi connectivity index (χ1v) is 5.28. The average Bonchev–Trinajstić information content (AvgIpc) is 2.19. The van der Waals surface area contributed by atoms with Crippen LogP contribution in [0, 0.1) is 0 Å². The number of ether oxygens (including phenoxy) is 1. The molecule has 0 aliphatic carbocycles. The summed E-state index contributed by atoms with van der Waals surface area (Å²) in [5, 5.41) is 0. The second-order valence-corrected chi connectivity index (χ2v) is 4.02. The third kappa shape index (κ3) is 1.85. The van der Waals surface area contributed by atoms with Gasteiger partial charge in [0.25, 0.3) is 0 Å². The van der Waals surface area contributed by atoms with Gasteiger partial charge in [-0.2, -0.15) is 0 Å². The van der Waals surface area contributed by atoms with Gasteiger partial charge in [0.1, 0.15) is 0 Å². The molecule has 6 heteroatoms. The maximum atomic E-state index is 5.83. The highest BCUT2D eigenvalue weighted by atomic mass is 79.9. The topological polar surface area (TPSA) is 54.1 Å². The molecule has 2 aliphatic rings. The van der Waals surface area contributed by atoms with Gasteiger partial charge >= 0.3 is 0 Å². The van der Waals surface area contributed by atoms with Gasteiger partial charge in [0.05, 0.1) is 35.9 Å². The van der Waals surface area contributed by atoms with Crippen LogP contribution in [0.4, 0.5) is 0 Å². The molecule has 2 heterocycles. The lowest BCUT2D eigenvalue weighted by atomic mass is 10.4. The van der Waals surface area contributed by atoms with Crippen LogP contribution >= 0.6 is 16.1 Å². The van der Waals surface area contributed by atoms with E-state index in [2.05, 4.69) is 26.0 Å². The van der Waals surface area contributed by atoms with Crippen molar-refractivity contribution >= 4 is 22.4 Å². The van der Waals surface area contributed by atoms with Crippen LogP contribution in [0.1, 0.15) is 0 Å². The van der Waals surface area contributed by atoms with E-state index in [1.807, 2.05) is 3.93 Å². The Hall–Kier alpha value is -0.750. The molecule has 0 radical (unpaired) electrons. The highest BCUT2D eigenvalue weighted by Gasteiger charge is 2.22. The van der Waals surface area contributed by atoms with E-state index in [0.717, 1.165) is 38.7 Å². The Bertz CT molecular complexity index is 273. The minimum absolute atomic E-state index is 0.565. The Balaban J connectivity index is 2.16. The lowest BCUT2D eigenvalue weighted by molar-refractivity contribution is 0.0454. The lowest BCUT2D eigenvalue weighted by Gasteiger charge is -2.35. The summed E-state index contributed by atoms with van der Waals surface area (Å²) < 4.78 is 7.21. The predicted octanol–water partition coefficient (Wildman–Crippen LogP) is 0.100. The molecule has 0 aromatic rings. The summed E-state index contributed by atoms with van der Waals surface area (Å²) in [5.41, 5.74) is 5.83. The fraction of sp³-hybridized carbons (Fsp3) is 0.625. The van der Waals surface area contributed by atoms with Gasteiger partial charge in [-0.3, -0.25) is 3.93 Å². The molecule has 0 amide bonds. The van der Waals surface area contributed by atoms with Crippen molar-refractivity contribution in [1.29, 1.82) is 0 Å². The minimum atomic E-state index is 0.565. The standard InChI is InChI=1S/C8H13BrN4O/c9-13-2-1-11-7(10)8(13)12-3-5-14-6-4-12/h1H,2-6,10H2. The Labute approximate surface area is 91.5 Å². The predicted molar refractivity (Wildman–Crippen MR) is 57.7 cm³/mol. The summed E-state index contributed by atoms with van der Waals surface area (Å²) in [6.45, 7) is 3.98. The van der Waals surface area contributed by atoms with Crippen molar-refractivity contribution in [3.63, 3.8) is 0 Å². The van der Waals surface area contributed by atoms with Crippen LogP contribution < -0.4 is 5.73 Å². The van der Waals surface area contributed by atoms with Crippen molar-refractivity contribution in [3.05, 3.63) is 11.6 Å². The zero-order chi connectivity index (χ0) is 9.97. The zero-order valence-electron chi connectivity index (χ0n) is 7.82. The summed E-state index contributed by atoms with van der Waals surface area (Å²) >= 11 is 3.45. The van der Waals surface area contributed by atoms with Gasteiger partial charge in [-0.1, -0.05) is 0 Å². The van der Waals surface area contributed by atoms with Crippen LogP contribution in [0.25, 0.3) is 0 Å². The van der Waals surface area contributed by atoms with Crippen LogP contribution in [-0.4, -0.2) is 47.9 Å². The summed E-state index contributed by atoms with van der Waals surface area (Å²) in [4.78, 5) is 6.30. The molecule has 0 atom stereocenters. The number of rotatable bonds is 1. The first-order valence-electron chi connectivity index (χ1n) is 4.57. The molecule has 2 N–H and O–H groups in total. The van der Waals surface area contributed by atoms with Crippen LogP contribution in [0.3, 0.4) is 0 Å². The zero-order valence-corrected chi connectivity index (χ0v) is 9.40. The largest absolute Gasteiger partial charge is 0.381 e. The summed E-state index contributed by atoms with van der Waals surface area (Å²) in [7, 11) is 0. The molecule has 0 aromatic heterocycles. The molecule has 2 rings (SSSR count). The van der Waals surface area contributed by atoms with Crippen molar-refractivity contribution in [2.45, 2.75) is 0 Å². The minimum Gasteiger partial charge on any atom is -0.381 e. The van der Waals surface area contributed by atoms with E-state index in [-0.39, 0.29) is 0 Å². The monoisotopic (exact) mass is 260 g/mol. The number of halogens is 1. The fourth-order valence-electron chi connectivity index (χ4n) is 1.57. The van der Waals surface area contributed by atoms with E-state index in [1.165, 1.54) is 0 Å². The maximum Gasteiger partial charge on any atom is 0.165 e. The van der Waals surface area contributed by atoms with Crippen LogP contribution in [0.15, 0.2) is 16.6 Å². The maximum absolute atomic E-state index is 5.83. The molecule has 14 heavy (non-hydrogen) atoms. The third-order valence-electron chi connectivity index (χ3n) is 2.24. The molecule has 2 aliphatic heterocycles. The van der Waals surface area contributed by atoms with E-state index < -0.39 is 0 Å². The molecule has 1 saturated heterocycles. The molecule has 0 saturated carbocycles. The molecule has 5 nitrogen and oxygen atoms in total. The van der Waals surface area contributed by atoms with Gasteiger partial charge in [-0.15, -0.1) is 0 Å². The number of nitrogens with zero attached hydrogens (tertiary/aromatic N) is 3. The number of aliphatic imine (C=N–C) groups is 1. The van der Waals surface area contributed by atoms with E-state index in [4.69, 9.17) is 10.5 Å². The third-order valence-corrected chi connectivity index (χ3v) is 2.87. The molecule has 0 spiro atoms. The van der Waals surface area contributed by atoms with Gasteiger partial charge < -0.3 is 15.4 Å². The number of hydrogen-bond donors (Lipinski definition) is 1. The number of nitrogens with two attached hydrogens (primary N) is 1. The normalized spacial score (nSPS) is 23.2. The molecule has 0 unspecified atom stereocenters. The van der Waals surface area contributed by atoms with Crippen molar-refractivity contribution in [3.8, 4) is 0 Å². The van der Waals surface area contributed by atoms with Crippen molar-refractivity contribution in [1.82, 2.24) is 8.83 Å². The van der Waals surface area contributed by atoms with E-state index in [9.17, 15) is 0 Å². The SMILES string of the molecule is NC1=C(N2CCOCC2)N(Br)CC=N1. The van der Waals surface area contributed by atoms with E-state index in [0.29, 0.717) is 5.82 Å². The highest BCUT2D eigenvalue weighted by molar-refractivity contribution is 9.07. The molecular weight excluding hydrogens is 248 g/mol. The quantitative estimate of drug-likeness (QED) is 0.680. The second-order valence-electron chi connectivity index (χ2n) is 3.16. The lowest BCUT2D eigenvalue weighted by Crippen LogP contribution is -2.42. The second kappa shape index (κ2) is 4.18. The van der Waals surface area contributed by atoms with Crippen molar-refractivity contribution in [2.24, 2.45) is 10.7 Å². The Morgan fingerprint density at radius 3 is 2.79 bits per heavy atom. The van der Waals surface area contributed by atoms with Gasteiger partial charge in [-0.05, 0) is 0 Å². The molecular formula is C8H13BrN4O. The molecule has 78 valence electrons. The smallest absolute Gasteiger partial charge is 0.165 e. The Morgan fingerprint density at radius 1 is 1.43 bits per heavy atom. The fourth-order valence-corrected chi connectivity index (χ4v) is 2.11. The number of hydrogen-bond acceptors (Lipinski definition) is 5. The molecule has 0 aromatic carbocycles. The summed E-state index contributed by atoms with van der Waals surface area (Å²) in [5.74, 6) is 1.52. The summed E-state index contributed by atoms with van der Waals surface area (Å²) in [6, 6.07) is 0. The van der Waals surface area contributed by atoms with Crippen LogP contribution in [-0.2, 0) is 4.74 Å². The Morgan fingerprint density at radius 2 is 2.14 bits per heavy atom. The van der Waals surface area contributed by atoms with Crippen LogP contribution in [0.2, 0.25) is 0 Å². The first kappa shape index (κ1) is 9.79. The summed E-state index contributed by atoms with van der Waals surface area (Å²) in [6.07, 6.45) is 1.79. The van der Waals surface area contributed by atoms with Gasteiger partial charge in [0.2, 0.25) is 0 Å². The van der Waals surface area contributed by atoms with Gasteiger partial charge in [-0.25, -0.2) is 4.99 Å². The van der Waals surface area contributed by atoms with E-state index in [1.54, 1.807) is 6.21 Å². The first-order chi connectivity index (χ1) is 6.79. The molecule has 0 bridgehead atoms. The van der Waals surface area contributed by atoms with Gasteiger partial charge in [0.15, 0.2) is 11.6 Å². The molecule has 1 fully saturated rings. The number of morpholine rings is 1. The van der Waals surface area contributed by atoms with E-state index >= 15 is 0 Å². The van der Waals surface area contributed by atoms with Crippen LogP contribution in [0.5, 0.6) is 0 Å². The van der Waals surface area contributed by atoms with Crippen molar-refractivity contribution in [2.75, 3.05) is 32.8 Å². The average molecular weight is 261 g/mol. The Kier molecular flexibility index (Phi) is 2.93. The highest BCUT2D eigenvalue weighted by Crippen LogP contribution is 2.20.